The number of rotatable bonds is 7. The number of aromatic nitrogens is 4. The summed E-state index contributed by atoms with van der Waals surface area (Å²) in [5.41, 5.74) is 1.89. The summed E-state index contributed by atoms with van der Waals surface area (Å²) in [5.74, 6) is 5.93. The molecular weight excluding hydrogens is 573 g/mol. The summed E-state index contributed by atoms with van der Waals surface area (Å²) < 4.78 is 68.5. The quantitative estimate of drug-likeness (QED) is 0.258. The smallest absolute Gasteiger partial charge is 0.417 e. The molecule has 0 saturated heterocycles. The summed E-state index contributed by atoms with van der Waals surface area (Å²) in [5, 5.41) is 11.0. The number of alkyl halides is 3. The van der Waals surface area contributed by atoms with E-state index in [1.807, 2.05) is 6.92 Å². The Morgan fingerprint density at radius 1 is 1.02 bits per heavy atom. The predicted octanol–water partition coefficient (Wildman–Crippen LogP) is 4.79. The van der Waals surface area contributed by atoms with Gasteiger partial charge in [-0.05, 0) is 43.7 Å². The summed E-state index contributed by atoms with van der Waals surface area (Å²) in [6.45, 7) is 3.42. The largest absolute Gasteiger partial charge is 0.465 e. The second-order valence-corrected chi connectivity index (χ2v) is 10.5. The summed E-state index contributed by atoms with van der Waals surface area (Å²) >= 11 is 0. The molecule has 0 bridgehead atoms. The molecule has 0 saturated carbocycles. The first kappa shape index (κ1) is 29.9. The fourth-order valence-electron chi connectivity index (χ4n) is 3.85. The Kier molecular flexibility index (Phi) is 8.72. The minimum absolute atomic E-state index is 0.0283. The number of carboxylic acid groups (broad SMARTS) is 1. The van der Waals surface area contributed by atoms with Gasteiger partial charge in [0, 0.05) is 23.5 Å². The van der Waals surface area contributed by atoms with Crippen LogP contribution in [0.25, 0.3) is 11.3 Å². The summed E-state index contributed by atoms with van der Waals surface area (Å²) in [6.07, 6.45) is -1.20. The Hall–Kier alpha value is -5.03. The molecule has 10 nitrogen and oxygen atoms in total. The minimum Gasteiger partial charge on any atom is -0.465 e. The van der Waals surface area contributed by atoms with Crippen LogP contribution < -0.4 is 10.0 Å². The van der Waals surface area contributed by atoms with Crippen molar-refractivity contribution in [1.29, 1.82) is 0 Å². The van der Waals surface area contributed by atoms with Gasteiger partial charge in [0.25, 0.3) is 10.0 Å². The summed E-state index contributed by atoms with van der Waals surface area (Å²) in [6, 6.07) is 8.64. The van der Waals surface area contributed by atoms with Crippen LogP contribution in [-0.4, -0.2) is 39.6 Å². The van der Waals surface area contributed by atoms with Gasteiger partial charge in [-0.2, -0.15) is 13.2 Å². The highest BCUT2D eigenvalue weighted by Gasteiger charge is 2.37. The van der Waals surface area contributed by atoms with Crippen LogP contribution >= 0.6 is 0 Å². The normalized spacial score (nSPS) is 11.4. The van der Waals surface area contributed by atoms with Gasteiger partial charge in [0.05, 0.1) is 51.0 Å². The van der Waals surface area contributed by atoms with Gasteiger partial charge in [0.15, 0.2) is 0 Å². The van der Waals surface area contributed by atoms with Crippen LogP contribution in [0.4, 0.5) is 23.7 Å². The van der Waals surface area contributed by atoms with Crippen LogP contribution in [-0.2, 0) is 29.2 Å². The average Bonchev–Trinajstić information content (AvgIpc) is 2.96. The number of hydrogen-bond donors (Lipinski definition) is 3. The second-order valence-electron chi connectivity index (χ2n) is 8.80. The van der Waals surface area contributed by atoms with Crippen molar-refractivity contribution in [2.24, 2.45) is 0 Å². The number of hydrogen-bond acceptors (Lipinski definition) is 7. The molecule has 0 radical (unpaired) electrons. The van der Waals surface area contributed by atoms with E-state index in [0.717, 1.165) is 12.1 Å². The van der Waals surface area contributed by atoms with E-state index in [1.54, 1.807) is 12.1 Å². The van der Waals surface area contributed by atoms with Crippen LogP contribution in [0, 0.1) is 18.8 Å². The third-order valence-electron chi connectivity index (χ3n) is 5.92. The van der Waals surface area contributed by atoms with Crippen molar-refractivity contribution < 1.29 is 31.5 Å². The van der Waals surface area contributed by atoms with E-state index in [4.69, 9.17) is 5.11 Å². The highest BCUT2D eigenvalue weighted by Crippen LogP contribution is 2.35. The molecule has 3 heterocycles. The lowest BCUT2D eigenvalue weighted by Gasteiger charge is -2.15. The minimum atomic E-state index is -4.87. The molecule has 14 heteroatoms. The molecule has 3 aromatic heterocycles. The Morgan fingerprint density at radius 2 is 1.79 bits per heavy atom. The molecule has 0 spiro atoms. The van der Waals surface area contributed by atoms with E-state index in [0.29, 0.717) is 40.7 Å². The van der Waals surface area contributed by atoms with Crippen LogP contribution in [0.3, 0.4) is 0 Å². The number of nitrogens with one attached hydrogen (secondary N) is 2. The van der Waals surface area contributed by atoms with E-state index in [9.17, 15) is 26.4 Å². The number of aryl methyl sites for hydroxylation is 2. The first-order valence-electron chi connectivity index (χ1n) is 12.3. The average molecular weight is 597 g/mol. The third kappa shape index (κ3) is 6.99. The zero-order valence-electron chi connectivity index (χ0n) is 22.2. The number of amides is 1. The lowest BCUT2D eigenvalue weighted by Crippen LogP contribution is -2.20. The zero-order chi connectivity index (χ0) is 30.5. The Bertz CT molecular complexity index is 1800. The molecule has 1 aromatic carbocycles. The van der Waals surface area contributed by atoms with Crippen molar-refractivity contribution in [1.82, 2.24) is 25.3 Å². The second kappa shape index (κ2) is 12.2. The third-order valence-corrected chi connectivity index (χ3v) is 7.35. The maximum absolute atomic E-state index is 13.5. The molecule has 0 atom stereocenters. The van der Waals surface area contributed by atoms with Gasteiger partial charge < -0.3 is 10.4 Å². The highest BCUT2D eigenvalue weighted by molar-refractivity contribution is 7.92. The molecule has 4 rings (SSSR count). The molecule has 3 N–H and O–H groups in total. The van der Waals surface area contributed by atoms with Crippen molar-refractivity contribution >= 4 is 21.8 Å². The maximum Gasteiger partial charge on any atom is 0.417 e. The maximum atomic E-state index is 13.5. The van der Waals surface area contributed by atoms with Gasteiger partial charge in [-0.1, -0.05) is 30.9 Å². The van der Waals surface area contributed by atoms with Crippen molar-refractivity contribution in [2.75, 3.05) is 4.72 Å². The number of benzene rings is 1. The summed E-state index contributed by atoms with van der Waals surface area (Å²) in [4.78, 5) is 26.9. The Labute approximate surface area is 239 Å². The fourth-order valence-corrected chi connectivity index (χ4v) is 5.19. The van der Waals surface area contributed by atoms with Crippen LogP contribution in [0.15, 0.2) is 66.1 Å². The van der Waals surface area contributed by atoms with E-state index < -0.39 is 32.8 Å². The number of carbonyl (C=O) groups is 1. The monoisotopic (exact) mass is 596 g/mol. The van der Waals surface area contributed by atoms with Gasteiger partial charge >= 0.3 is 12.3 Å². The zero-order valence-corrected chi connectivity index (χ0v) is 23.0. The lowest BCUT2D eigenvalue weighted by atomic mass is 10.0. The molecule has 0 aliphatic rings. The molecule has 216 valence electrons. The standard InChI is InChI=1S/C28H23F3N6O4S/c1-3-23-21(26(36-16-35-23)19-9-10-20(33-14-19)15-34-27(38)39)11-8-18-12-24(17(2)32-13-18)37-42(40,41)25-7-5-4-6-22(25)28(29,30)31/h4-7,9-10,12-14,16,34,37H,3,15H2,1-2H3,(H,38,39). The summed E-state index contributed by atoms with van der Waals surface area (Å²) in [7, 11) is -4.62. The van der Waals surface area contributed by atoms with Gasteiger partial charge in [-0.25, -0.2) is 23.2 Å². The van der Waals surface area contributed by atoms with E-state index in [-0.39, 0.29) is 23.5 Å². The fraction of sp³-hybridized carbons (Fsp3) is 0.179. The highest BCUT2D eigenvalue weighted by atomic mass is 32.2. The van der Waals surface area contributed by atoms with Crippen molar-refractivity contribution in [3.8, 4) is 23.1 Å². The molecule has 42 heavy (non-hydrogen) atoms. The molecule has 0 fully saturated rings. The van der Waals surface area contributed by atoms with Gasteiger partial charge in [-0.3, -0.25) is 14.7 Å². The van der Waals surface area contributed by atoms with Crippen LogP contribution in [0.2, 0.25) is 0 Å². The SMILES string of the molecule is CCc1ncnc(-c2ccc(CNC(=O)O)nc2)c1C#Cc1cnc(C)c(NS(=O)(=O)c2ccccc2C(F)(F)F)c1. The molecule has 0 unspecified atom stereocenters. The molecule has 0 aliphatic carbocycles. The molecule has 4 aromatic rings. The number of sulfonamides is 1. The molecule has 0 aliphatic heterocycles. The van der Waals surface area contributed by atoms with Crippen LogP contribution in [0.5, 0.6) is 0 Å². The van der Waals surface area contributed by atoms with Gasteiger partial charge in [0.2, 0.25) is 0 Å². The van der Waals surface area contributed by atoms with E-state index >= 15 is 0 Å². The lowest BCUT2D eigenvalue weighted by molar-refractivity contribution is -0.139. The van der Waals surface area contributed by atoms with Crippen molar-refractivity contribution in [2.45, 2.75) is 37.9 Å². The van der Waals surface area contributed by atoms with Gasteiger partial charge in [0.1, 0.15) is 6.33 Å². The Balaban J connectivity index is 1.68. The topological polar surface area (TPSA) is 147 Å². The number of pyridine rings is 2. The van der Waals surface area contributed by atoms with Crippen molar-refractivity contribution in [3.05, 3.63) is 95.0 Å². The molecular formula is C28H23F3N6O4S. The molecule has 1 amide bonds. The van der Waals surface area contributed by atoms with E-state index in [2.05, 4.69) is 41.8 Å². The number of halogens is 3. The van der Waals surface area contributed by atoms with Gasteiger partial charge in [-0.15, -0.1) is 0 Å². The first-order valence-corrected chi connectivity index (χ1v) is 13.8. The van der Waals surface area contributed by atoms with Crippen LogP contribution in [0.1, 0.15) is 40.7 Å². The number of anilines is 1. The van der Waals surface area contributed by atoms with Crippen molar-refractivity contribution in [3.63, 3.8) is 0 Å². The first-order chi connectivity index (χ1) is 19.9. The Morgan fingerprint density at radius 3 is 2.45 bits per heavy atom. The predicted molar refractivity (Wildman–Crippen MR) is 147 cm³/mol. The number of nitrogens with zero attached hydrogens (tertiary/aromatic N) is 4. The van der Waals surface area contributed by atoms with E-state index in [1.165, 1.54) is 37.8 Å².